The number of phosphoric acid groups is 1. The van der Waals surface area contributed by atoms with Crippen molar-refractivity contribution in [1.82, 2.24) is 0 Å². The Kier molecular flexibility index (Phi) is 35.5. The number of hydrogen-bond donors (Lipinski definition) is 1. The van der Waals surface area contributed by atoms with Crippen LogP contribution in [-0.4, -0.2) is 42.8 Å². The SMILES string of the molecule is CC/C=C\C/C=C\C/C=C\C/C=C\CCCCCCC(=O)OC(COC(=O)CCCC/C=C\C/C=C\C/C=C\C/C=C\CC)COP(=O)(O)OCC. The second-order valence-electron chi connectivity index (χ2n) is 12.2. The van der Waals surface area contributed by atoms with E-state index in [-0.39, 0.29) is 26.1 Å². The predicted molar refractivity (Wildman–Crippen MR) is 216 cm³/mol. The highest BCUT2D eigenvalue weighted by atomic mass is 31.2. The molecule has 0 bridgehead atoms. The van der Waals surface area contributed by atoms with E-state index < -0.39 is 32.5 Å². The molecule has 0 amide bonds. The van der Waals surface area contributed by atoms with Crippen LogP contribution in [0.4, 0.5) is 0 Å². The van der Waals surface area contributed by atoms with Crippen LogP contribution in [0.25, 0.3) is 0 Å². The fourth-order valence-corrected chi connectivity index (χ4v) is 5.36. The molecular formula is C43H69O8P. The van der Waals surface area contributed by atoms with E-state index in [1.165, 1.54) is 0 Å². The number of carbonyl (C=O) groups excluding carboxylic acids is 2. The van der Waals surface area contributed by atoms with Gasteiger partial charge in [-0.3, -0.25) is 18.6 Å². The fraction of sp³-hybridized carbons (Fsp3) is 0.581. The Morgan fingerprint density at radius 1 is 0.519 bits per heavy atom. The van der Waals surface area contributed by atoms with E-state index in [1.807, 2.05) is 0 Å². The van der Waals surface area contributed by atoms with Crippen molar-refractivity contribution in [3.63, 3.8) is 0 Å². The van der Waals surface area contributed by atoms with Crippen LogP contribution in [0.5, 0.6) is 0 Å². The molecule has 2 atom stereocenters. The molecule has 0 aromatic carbocycles. The minimum Gasteiger partial charge on any atom is -0.462 e. The maximum atomic E-state index is 12.5. The van der Waals surface area contributed by atoms with E-state index in [9.17, 15) is 19.0 Å². The lowest BCUT2D eigenvalue weighted by molar-refractivity contribution is -0.161. The fourth-order valence-electron chi connectivity index (χ4n) is 4.61. The molecule has 2 unspecified atom stereocenters. The molecule has 0 aromatic rings. The normalized spacial score (nSPS) is 14.5. The highest BCUT2D eigenvalue weighted by Gasteiger charge is 2.25. The van der Waals surface area contributed by atoms with Gasteiger partial charge in [0.2, 0.25) is 0 Å². The lowest BCUT2D eigenvalue weighted by Gasteiger charge is -2.19. The third-order valence-corrected chi connectivity index (χ3v) is 8.45. The second kappa shape index (κ2) is 37.7. The summed E-state index contributed by atoms with van der Waals surface area (Å²) in [6.45, 7) is 5.13. The molecule has 52 heavy (non-hydrogen) atoms. The minimum absolute atomic E-state index is 0.0174. The molecule has 0 aliphatic heterocycles. The van der Waals surface area contributed by atoms with E-state index >= 15 is 0 Å². The van der Waals surface area contributed by atoms with Crippen molar-refractivity contribution in [3.8, 4) is 0 Å². The van der Waals surface area contributed by atoms with E-state index in [0.29, 0.717) is 12.8 Å². The third-order valence-electron chi connectivity index (χ3n) is 7.39. The zero-order chi connectivity index (χ0) is 38.2. The quantitative estimate of drug-likeness (QED) is 0.0300. The van der Waals surface area contributed by atoms with Crippen molar-refractivity contribution < 1.29 is 37.6 Å². The van der Waals surface area contributed by atoms with Gasteiger partial charge in [-0.25, -0.2) is 4.57 Å². The molecule has 0 saturated carbocycles. The van der Waals surface area contributed by atoms with E-state index in [4.69, 9.17) is 18.5 Å². The molecule has 0 aliphatic carbocycles. The van der Waals surface area contributed by atoms with Crippen LogP contribution < -0.4 is 0 Å². The summed E-state index contributed by atoms with van der Waals surface area (Å²) in [4.78, 5) is 34.6. The largest absolute Gasteiger partial charge is 0.472 e. The molecule has 0 spiro atoms. The molecule has 9 heteroatoms. The number of allylic oxidation sites excluding steroid dienone is 16. The van der Waals surface area contributed by atoms with Gasteiger partial charge in [0.15, 0.2) is 6.10 Å². The van der Waals surface area contributed by atoms with Crippen LogP contribution in [0.3, 0.4) is 0 Å². The van der Waals surface area contributed by atoms with Crippen molar-refractivity contribution in [2.24, 2.45) is 0 Å². The number of ether oxygens (including phenoxy) is 2. The minimum atomic E-state index is -4.30. The second-order valence-corrected chi connectivity index (χ2v) is 13.6. The summed E-state index contributed by atoms with van der Waals surface area (Å²) in [6, 6.07) is 0. The van der Waals surface area contributed by atoms with Crippen molar-refractivity contribution in [2.75, 3.05) is 19.8 Å². The number of unbranched alkanes of at least 4 members (excludes halogenated alkanes) is 6. The Morgan fingerprint density at radius 3 is 1.40 bits per heavy atom. The lowest BCUT2D eigenvalue weighted by atomic mass is 10.1. The first kappa shape index (κ1) is 49.0. The summed E-state index contributed by atoms with van der Waals surface area (Å²) in [5.74, 6) is -0.887. The van der Waals surface area contributed by atoms with Crippen LogP contribution in [0.1, 0.15) is 136 Å². The van der Waals surface area contributed by atoms with Gasteiger partial charge in [-0.1, -0.05) is 124 Å². The van der Waals surface area contributed by atoms with Gasteiger partial charge < -0.3 is 14.4 Å². The summed E-state index contributed by atoms with van der Waals surface area (Å²) in [7, 11) is -4.30. The molecule has 0 heterocycles. The maximum Gasteiger partial charge on any atom is 0.472 e. The van der Waals surface area contributed by atoms with Gasteiger partial charge in [-0.15, -0.1) is 0 Å². The highest BCUT2D eigenvalue weighted by Crippen LogP contribution is 2.43. The molecule has 0 aromatic heterocycles. The summed E-state index contributed by atoms with van der Waals surface area (Å²) < 4.78 is 32.5. The molecule has 0 saturated heterocycles. The van der Waals surface area contributed by atoms with Crippen molar-refractivity contribution in [2.45, 2.75) is 142 Å². The molecule has 0 radical (unpaired) electrons. The molecule has 0 aliphatic rings. The highest BCUT2D eigenvalue weighted by molar-refractivity contribution is 7.47. The van der Waals surface area contributed by atoms with E-state index in [2.05, 4.69) is 111 Å². The first-order valence-electron chi connectivity index (χ1n) is 19.5. The number of carbonyl (C=O) groups is 2. The topological polar surface area (TPSA) is 108 Å². The monoisotopic (exact) mass is 744 g/mol. The number of phosphoric ester groups is 1. The van der Waals surface area contributed by atoms with Gasteiger partial charge in [0.25, 0.3) is 0 Å². The van der Waals surface area contributed by atoms with Crippen molar-refractivity contribution >= 4 is 19.8 Å². The van der Waals surface area contributed by atoms with Gasteiger partial charge in [-0.2, -0.15) is 0 Å². The molecule has 8 nitrogen and oxygen atoms in total. The van der Waals surface area contributed by atoms with Crippen molar-refractivity contribution in [3.05, 3.63) is 97.2 Å². The molecule has 1 N–H and O–H groups in total. The zero-order valence-electron chi connectivity index (χ0n) is 32.4. The van der Waals surface area contributed by atoms with Gasteiger partial charge >= 0.3 is 19.8 Å². The van der Waals surface area contributed by atoms with Gasteiger partial charge in [0.05, 0.1) is 13.2 Å². The number of esters is 2. The Labute approximate surface area is 316 Å². The summed E-state index contributed by atoms with van der Waals surface area (Å²) in [5.41, 5.74) is 0. The van der Waals surface area contributed by atoms with Gasteiger partial charge in [0, 0.05) is 12.8 Å². The molecular weight excluding hydrogens is 675 g/mol. The zero-order valence-corrected chi connectivity index (χ0v) is 33.3. The maximum absolute atomic E-state index is 12.5. The first-order valence-corrected chi connectivity index (χ1v) is 21.0. The Bertz CT molecular complexity index is 1160. The van der Waals surface area contributed by atoms with Crippen LogP contribution >= 0.6 is 7.82 Å². The molecule has 0 fully saturated rings. The lowest BCUT2D eigenvalue weighted by Crippen LogP contribution is -2.29. The number of hydrogen-bond acceptors (Lipinski definition) is 7. The summed E-state index contributed by atoms with van der Waals surface area (Å²) >= 11 is 0. The van der Waals surface area contributed by atoms with Crippen LogP contribution in [0, 0.1) is 0 Å². The summed E-state index contributed by atoms with van der Waals surface area (Å²) in [5, 5.41) is 0. The van der Waals surface area contributed by atoms with Crippen LogP contribution in [-0.2, 0) is 32.7 Å². The standard InChI is InChI=1S/C43H69O8P/c1-4-7-9-11-13-15-17-19-21-22-24-26-28-30-32-34-36-38-43(45)51-41(40-50-52(46,47)49-6-3)39-48-42(44)37-35-33-31-29-27-25-23-20-18-16-14-12-10-8-5-2/h7-10,13-16,19-21,23-24,26-27,29,41H,4-6,11-12,17-18,22,25,28,30-40H2,1-3H3,(H,46,47)/b9-7-,10-8-,15-13-,16-14-,21-19-,23-20-,26-24-,29-27-. The smallest absolute Gasteiger partial charge is 0.462 e. The van der Waals surface area contributed by atoms with Crippen molar-refractivity contribution in [1.29, 1.82) is 0 Å². The van der Waals surface area contributed by atoms with Gasteiger partial charge in [0.1, 0.15) is 6.61 Å². The first-order chi connectivity index (χ1) is 25.3. The average molecular weight is 745 g/mol. The molecule has 0 rings (SSSR count). The Balaban J connectivity index is 4.29. The van der Waals surface area contributed by atoms with Crippen LogP contribution in [0.2, 0.25) is 0 Å². The Morgan fingerprint density at radius 2 is 0.923 bits per heavy atom. The van der Waals surface area contributed by atoms with Crippen LogP contribution in [0.15, 0.2) is 97.2 Å². The number of rotatable bonds is 34. The third kappa shape index (κ3) is 36.8. The average Bonchev–Trinajstić information content (AvgIpc) is 3.12. The summed E-state index contributed by atoms with van der Waals surface area (Å²) in [6.07, 6.45) is 48.9. The molecule has 294 valence electrons. The Hall–Kier alpha value is -3.03. The predicted octanol–water partition coefficient (Wildman–Crippen LogP) is 12.1. The van der Waals surface area contributed by atoms with E-state index in [1.54, 1.807) is 6.92 Å². The van der Waals surface area contributed by atoms with Gasteiger partial charge in [-0.05, 0) is 96.8 Å². The van der Waals surface area contributed by atoms with E-state index in [0.717, 1.165) is 89.9 Å².